The minimum absolute atomic E-state index is 0.0314. The quantitative estimate of drug-likeness (QED) is 0.523. The van der Waals surface area contributed by atoms with Crippen LogP contribution in [0.4, 0.5) is 5.69 Å². The van der Waals surface area contributed by atoms with Crippen LogP contribution in [0.3, 0.4) is 0 Å². The van der Waals surface area contributed by atoms with Crippen molar-refractivity contribution >= 4 is 56.8 Å². The number of nitrogens with one attached hydrogen (secondary N) is 1. The molecule has 1 fully saturated rings. The summed E-state index contributed by atoms with van der Waals surface area (Å²) in [6.45, 7) is -0.837. The van der Waals surface area contributed by atoms with Crippen molar-refractivity contribution in [1.29, 1.82) is 0 Å². The molecule has 0 aliphatic carbocycles. The molecule has 0 atom stereocenters. The fraction of sp³-hybridized carbons (Fsp3) is 0.158. The number of halogens is 2. The molecule has 3 N–H and O–H groups in total. The number of rotatable bonds is 4. The summed E-state index contributed by atoms with van der Waals surface area (Å²) >= 11 is 11.9. The van der Waals surface area contributed by atoms with Crippen molar-refractivity contribution in [1.82, 2.24) is 9.62 Å². The second-order valence-corrected chi connectivity index (χ2v) is 9.04. The standard InChI is InChI=1S/C19H17Cl2N3O5S/c1-29-17-5-2-13(20)7-11(17)6-12-9-23-18(25)10-24(19(12)26)30(27,28)14-3-4-15(21)16(22)8-14/h2-8H,9-10,22H2,1H3,(H,23,25). The summed E-state index contributed by atoms with van der Waals surface area (Å²) in [6, 6.07) is 8.44. The van der Waals surface area contributed by atoms with Gasteiger partial charge < -0.3 is 15.8 Å². The first-order valence-corrected chi connectivity index (χ1v) is 10.8. The van der Waals surface area contributed by atoms with Gasteiger partial charge in [-0.1, -0.05) is 23.2 Å². The van der Waals surface area contributed by atoms with Crippen molar-refractivity contribution in [3.05, 3.63) is 57.6 Å². The van der Waals surface area contributed by atoms with Crippen molar-refractivity contribution in [2.75, 3.05) is 25.9 Å². The monoisotopic (exact) mass is 469 g/mol. The van der Waals surface area contributed by atoms with Gasteiger partial charge in [-0.3, -0.25) is 9.59 Å². The number of ether oxygens (including phenoxy) is 1. The number of carbonyl (C=O) groups is 2. The van der Waals surface area contributed by atoms with Gasteiger partial charge in [-0.2, -0.15) is 0 Å². The third-order valence-electron chi connectivity index (χ3n) is 4.34. The second-order valence-electron chi connectivity index (χ2n) is 6.33. The molecule has 0 radical (unpaired) electrons. The van der Waals surface area contributed by atoms with Crippen molar-refractivity contribution in [3.8, 4) is 5.75 Å². The maximum absolute atomic E-state index is 13.1. The first-order valence-electron chi connectivity index (χ1n) is 8.56. The van der Waals surface area contributed by atoms with E-state index in [0.29, 0.717) is 20.6 Å². The summed E-state index contributed by atoms with van der Waals surface area (Å²) in [5, 5.41) is 3.08. The molecule has 0 unspecified atom stereocenters. The number of amides is 2. The largest absolute Gasteiger partial charge is 0.496 e. The number of hydrogen-bond acceptors (Lipinski definition) is 6. The number of sulfonamides is 1. The lowest BCUT2D eigenvalue weighted by Crippen LogP contribution is -2.40. The molecule has 2 aromatic carbocycles. The predicted octanol–water partition coefficient (Wildman–Crippen LogP) is 2.31. The Hall–Kier alpha value is -2.75. The van der Waals surface area contributed by atoms with Crippen LogP contribution in [-0.2, 0) is 19.6 Å². The van der Waals surface area contributed by atoms with Crippen LogP contribution in [0.1, 0.15) is 5.56 Å². The van der Waals surface area contributed by atoms with Crippen molar-refractivity contribution in [2.45, 2.75) is 4.90 Å². The molecule has 158 valence electrons. The molecular formula is C19H17Cl2N3O5S. The Morgan fingerprint density at radius 1 is 1.17 bits per heavy atom. The third kappa shape index (κ3) is 4.38. The van der Waals surface area contributed by atoms with E-state index in [-0.39, 0.29) is 27.7 Å². The Bertz CT molecular complexity index is 1160. The topological polar surface area (TPSA) is 119 Å². The molecule has 3 rings (SSSR count). The van der Waals surface area contributed by atoms with E-state index in [1.54, 1.807) is 18.2 Å². The molecule has 1 heterocycles. The Morgan fingerprint density at radius 3 is 2.57 bits per heavy atom. The van der Waals surface area contributed by atoms with Crippen LogP contribution in [0.25, 0.3) is 6.08 Å². The molecule has 1 saturated heterocycles. The number of methoxy groups -OCH3 is 1. The SMILES string of the molecule is COc1ccc(Cl)cc1C=C1CNC(=O)CN(S(=O)(=O)c2ccc(Cl)c(N)c2)C1=O. The van der Waals surface area contributed by atoms with Crippen LogP contribution < -0.4 is 15.8 Å². The highest BCUT2D eigenvalue weighted by Crippen LogP contribution is 2.28. The van der Waals surface area contributed by atoms with Gasteiger partial charge in [0.15, 0.2) is 0 Å². The zero-order valence-corrected chi connectivity index (χ0v) is 18.0. The zero-order chi connectivity index (χ0) is 22.1. The van der Waals surface area contributed by atoms with E-state index in [0.717, 1.165) is 6.07 Å². The number of benzene rings is 2. The van der Waals surface area contributed by atoms with E-state index in [1.807, 2.05) is 0 Å². The predicted molar refractivity (Wildman–Crippen MR) is 114 cm³/mol. The van der Waals surface area contributed by atoms with E-state index in [2.05, 4.69) is 5.32 Å². The smallest absolute Gasteiger partial charge is 0.267 e. The first kappa shape index (κ1) is 21.9. The highest BCUT2D eigenvalue weighted by atomic mass is 35.5. The molecule has 11 heteroatoms. The molecular weight excluding hydrogens is 453 g/mol. The van der Waals surface area contributed by atoms with Gasteiger partial charge in [0.05, 0.1) is 22.7 Å². The Kier molecular flexibility index (Phi) is 6.25. The van der Waals surface area contributed by atoms with E-state index in [1.165, 1.54) is 25.3 Å². The summed E-state index contributed by atoms with van der Waals surface area (Å²) in [5.41, 5.74) is 6.22. The van der Waals surface area contributed by atoms with Crippen molar-refractivity contribution in [3.63, 3.8) is 0 Å². The van der Waals surface area contributed by atoms with Crippen LogP contribution in [0.5, 0.6) is 5.75 Å². The number of carbonyl (C=O) groups excluding carboxylic acids is 2. The molecule has 1 aliphatic rings. The van der Waals surface area contributed by atoms with Crippen LogP contribution in [0.15, 0.2) is 46.9 Å². The summed E-state index contributed by atoms with van der Waals surface area (Å²) < 4.78 is 31.9. The summed E-state index contributed by atoms with van der Waals surface area (Å²) in [5.74, 6) is -1.06. The van der Waals surface area contributed by atoms with Gasteiger partial charge in [-0.05, 0) is 42.5 Å². The third-order valence-corrected chi connectivity index (χ3v) is 6.65. The van der Waals surface area contributed by atoms with Gasteiger partial charge in [0.1, 0.15) is 12.3 Å². The lowest BCUT2D eigenvalue weighted by atomic mass is 10.1. The molecule has 30 heavy (non-hydrogen) atoms. The van der Waals surface area contributed by atoms with E-state index in [4.69, 9.17) is 33.7 Å². The number of hydrogen-bond donors (Lipinski definition) is 2. The second kappa shape index (κ2) is 8.55. The number of anilines is 1. The van der Waals surface area contributed by atoms with Gasteiger partial charge in [0.2, 0.25) is 5.91 Å². The molecule has 0 bridgehead atoms. The van der Waals surface area contributed by atoms with E-state index >= 15 is 0 Å². The molecule has 8 nitrogen and oxygen atoms in total. The molecule has 1 aliphatic heterocycles. The summed E-state index contributed by atoms with van der Waals surface area (Å²) in [7, 11) is -2.92. The van der Waals surface area contributed by atoms with Crippen molar-refractivity contribution in [2.24, 2.45) is 0 Å². The fourth-order valence-corrected chi connectivity index (χ4v) is 4.50. The highest BCUT2D eigenvalue weighted by Gasteiger charge is 2.35. The zero-order valence-electron chi connectivity index (χ0n) is 15.7. The minimum atomic E-state index is -4.37. The number of nitrogens with zero attached hydrogens (tertiary/aromatic N) is 1. The molecule has 2 amide bonds. The van der Waals surface area contributed by atoms with Crippen LogP contribution in [-0.4, -0.2) is 44.7 Å². The average Bonchev–Trinajstić information content (AvgIpc) is 2.84. The van der Waals surface area contributed by atoms with Gasteiger partial charge in [0.25, 0.3) is 15.9 Å². The van der Waals surface area contributed by atoms with Crippen LogP contribution in [0.2, 0.25) is 10.0 Å². The minimum Gasteiger partial charge on any atom is -0.496 e. The Morgan fingerprint density at radius 2 is 1.90 bits per heavy atom. The Balaban J connectivity index is 2.08. The summed E-state index contributed by atoms with van der Waals surface area (Å²) in [6.07, 6.45) is 1.43. The lowest BCUT2D eigenvalue weighted by molar-refractivity contribution is -0.127. The highest BCUT2D eigenvalue weighted by molar-refractivity contribution is 7.89. The van der Waals surface area contributed by atoms with Crippen LogP contribution in [0, 0.1) is 0 Å². The normalized spacial score (nSPS) is 16.4. The first-order chi connectivity index (χ1) is 14.1. The number of nitrogens with two attached hydrogens (primary N) is 1. The van der Waals surface area contributed by atoms with E-state index in [9.17, 15) is 18.0 Å². The van der Waals surface area contributed by atoms with E-state index < -0.39 is 28.4 Å². The van der Waals surface area contributed by atoms with Gasteiger partial charge in [0, 0.05) is 22.7 Å². The van der Waals surface area contributed by atoms with Gasteiger partial charge >= 0.3 is 0 Å². The molecule has 0 spiro atoms. The number of nitrogen functional groups attached to an aromatic ring is 1. The maximum atomic E-state index is 13.1. The average molecular weight is 470 g/mol. The van der Waals surface area contributed by atoms with Crippen LogP contribution >= 0.6 is 23.2 Å². The maximum Gasteiger partial charge on any atom is 0.267 e. The Labute approximate surface area is 183 Å². The molecule has 0 saturated carbocycles. The fourth-order valence-electron chi connectivity index (χ4n) is 2.81. The summed E-state index contributed by atoms with van der Waals surface area (Å²) in [4.78, 5) is 25.0. The van der Waals surface area contributed by atoms with Gasteiger partial charge in [-0.25, -0.2) is 12.7 Å². The molecule has 2 aromatic rings. The van der Waals surface area contributed by atoms with Crippen molar-refractivity contribution < 1.29 is 22.7 Å². The molecule has 0 aromatic heterocycles. The lowest BCUT2D eigenvalue weighted by Gasteiger charge is -2.20. The van der Waals surface area contributed by atoms with Gasteiger partial charge in [-0.15, -0.1) is 0 Å².